The van der Waals surface area contributed by atoms with E-state index in [4.69, 9.17) is 24.1 Å². The van der Waals surface area contributed by atoms with Crippen LogP contribution in [0.1, 0.15) is 54.7 Å². The summed E-state index contributed by atoms with van der Waals surface area (Å²) in [5.41, 5.74) is 5.64. The Morgan fingerprint density at radius 1 is 1.28 bits per heavy atom. The molecule has 4 heterocycles. The van der Waals surface area contributed by atoms with Crippen LogP contribution in [0.25, 0.3) is 11.2 Å². The summed E-state index contributed by atoms with van der Waals surface area (Å²) in [4.78, 5) is 35.1. The van der Waals surface area contributed by atoms with Gasteiger partial charge in [-0.05, 0) is 0 Å². The van der Waals surface area contributed by atoms with Crippen molar-refractivity contribution in [3.05, 3.63) is 16.7 Å². The lowest BCUT2D eigenvalue weighted by Crippen LogP contribution is -2.65. The van der Waals surface area contributed by atoms with Crippen LogP contribution in [0.4, 0.5) is 5.95 Å². The van der Waals surface area contributed by atoms with Crippen molar-refractivity contribution in [3.8, 4) is 0 Å². The van der Waals surface area contributed by atoms with Crippen molar-refractivity contribution in [2.75, 3.05) is 12.3 Å². The van der Waals surface area contributed by atoms with Gasteiger partial charge in [0.1, 0.15) is 12.2 Å². The van der Waals surface area contributed by atoms with Gasteiger partial charge in [-0.3, -0.25) is 19.1 Å². The first-order valence-corrected chi connectivity index (χ1v) is 12.4. The average Bonchev–Trinajstić information content (AvgIpc) is 3.20. The van der Waals surface area contributed by atoms with Crippen molar-refractivity contribution in [2.45, 2.75) is 83.1 Å². The van der Waals surface area contributed by atoms with Crippen molar-refractivity contribution in [3.63, 3.8) is 0 Å². The number of hydrogen-bond acceptors (Lipinski definition) is 9. The lowest BCUT2D eigenvalue weighted by Gasteiger charge is -2.53. The minimum absolute atomic E-state index is 0.0461. The SMILES string of the molecule is CC(=O)O[C@@H]1[C@@H]2O[Si](C(C)(C)C)(C(C)(C)C)OC[C@H]2O[C@H]1n1cnc2c(=O)[nH]c(N)nc21. The molecule has 0 amide bonds. The zero-order valence-corrected chi connectivity index (χ0v) is 20.5. The van der Waals surface area contributed by atoms with E-state index >= 15 is 0 Å². The molecule has 3 N–H and O–H groups in total. The van der Waals surface area contributed by atoms with Gasteiger partial charge in [0.15, 0.2) is 23.5 Å². The van der Waals surface area contributed by atoms with Crippen LogP contribution in [0.2, 0.25) is 10.1 Å². The Bertz CT molecular complexity index is 1090. The topological polar surface area (TPSA) is 144 Å². The number of carbonyl (C=O) groups excluding carboxylic acids is 1. The first-order chi connectivity index (χ1) is 14.7. The Hall–Kier alpha value is -2.28. The summed E-state index contributed by atoms with van der Waals surface area (Å²) in [5, 5.41) is -0.500. The zero-order valence-electron chi connectivity index (χ0n) is 19.5. The van der Waals surface area contributed by atoms with Crippen LogP contribution >= 0.6 is 0 Å². The number of carbonyl (C=O) groups is 1. The molecule has 2 aromatic rings. The lowest BCUT2D eigenvalue weighted by molar-refractivity contribution is -0.155. The third-order valence-corrected chi connectivity index (χ3v) is 11.2. The van der Waals surface area contributed by atoms with E-state index in [-0.39, 0.29) is 27.2 Å². The molecule has 0 bridgehead atoms. The van der Waals surface area contributed by atoms with Crippen LogP contribution in [0.15, 0.2) is 11.1 Å². The maximum absolute atomic E-state index is 12.2. The van der Waals surface area contributed by atoms with Crippen LogP contribution in [-0.2, 0) is 23.1 Å². The number of H-pyrrole nitrogens is 1. The number of fused-ring (bicyclic) bond motifs is 2. The Kier molecular flexibility index (Phi) is 5.27. The number of nitrogens with zero attached hydrogens (tertiary/aromatic N) is 3. The number of nitrogens with one attached hydrogen (secondary N) is 1. The summed E-state index contributed by atoms with van der Waals surface area (Å²) in [6.45, 7) is 14.3. The second-order valence-corrected chi connectivity index (χ2v) is 15.2. The van der Waals surface area contributed by atoms with E-state index in [1.54, 1.807) is 4.57 Å². The standard InChI is InChI=1S/C20H31N5O6Si/c1-10(26)29-14-13-11(8-28-32(31-13,19(2,3)4)20(5,6)7)30-17(14)25-9-22-12-15(25)23-18(21)24-16(12)27/h9,11,13-14,17H,8H2,1-7H3,(H3,21,23,24,27)/t11-,13-,14-,17-/m1/s1. The van der Waals surface area contributed by atoms with E-state index in [1.807, 2.05) is 0 Å². The van der Waals surface area contributed by atoms with Gasteiger partial charge in [-0.15, -0.1) is 0 Å². The Labute approximate surface area is 186 Å². The molecule has 2 saturated heterocycles. The fourth-order valence-electron chi connectivity index (χ4n) is 4.99. The number of nitrogen functional groups attached to an aromatic ring is 1. The van der Waals surface area contributed by atoms with Crippen LogP contribution in [0, 0.1) is 0 Å². The minimum Gasteiger partial charge on any atom is -0.455 e. The van der Waals surface area contributed by atoms with E-state index < -0.39 is 44.6 Å². The summed E-state index contributed by atoms with van der Waals surface area (Å²) in [6, 6.07) is 0. The monoisotopic (exact) mass is 465 g/mol. The zero-order chi connectivity index (χ0) is 23.6. The molecule has 0 aromatic carbocycles. The van der Waals surface area contributed by atoms with Gasteiger partial charge in [-0.1, -0.05) is 41.5 Å². The second kappa shape index (κ2) is 7.37. The van der Waals surface area contributed by atoms with Gasteiger partial charge in [0.25, 0.3) is 5.56 Å². The molecule has 2 aliphatic rings. The fourth-order valence-corrected chi connectivity index (χ4v) is 9.95. The number of anilines is 1. The molecule has 4 atom stereocenters. The molecule has 0 saturated carbocycles. The van der Waals surface area contributed by atoms with Crippen LogP contribution in [0.5, 0.6) is 0 Å². The maximum atomic E-state index is 12.2. The van der Waals surface area contributed by atoms with E-state index in [0.29, 0.717) is 6.61 Å². The summed E-state index contributed by atoms with van der Waals surface area (Å²) >= 11 is 0. The number of nitrogens with two attached hydrogens (primary N) is 1. The average molecular weight is 466 g/mol. The number of imidazole rings is 1. The van der Waals surface area contributed by atoms with Crippen LogP contribution < -0.4 is 11.3 Å². The van der Waals surface area contributed by atoms with Crippen molar-refractivity contribution in [1.29, 1.82) is 0 Å². The molecule has 0 spiro atoms. The molecule has 11 nitrogen and oxygen atoms in total. The van der Waals surface area contributed by atoms with Crippen molar-refractivity contribution >= 4 is 31.6 Å². The number of aromatic nitrogens is 4. The number of aromatic amines is 1. The van der Waals surface area contributed by atoms with E-state index in [0.717, 1.165) is 0 Å². The predicted molar refractivity (Wildman–Crippen MR) is 118 cm³/mol. The summed E-state index contributed by atoms with van der Waals surface area (Å²) in [6.07, 6.45) is -1.16. The third-order valence-electron chi connectivity index (χ3n) is 6.04. The van der Waals surface area contributed by atoms with Gasteiger partial charge in [0.05, 0.1) is 12.9 Å². The molecule has 2 aromatic heterocycles. The molecule has 0 unspecified atom stereocenters. The third kappa shape index (κ3) is 3.45. The molecule has 176 valence electrons. The molecule has 32 heavy (non-hydrogen) atoms. The van der Waals surface area contributed by atoms with Crippen LogP contribution in [0.3, 0.4) is 0 Å². The summed E-state index contributed by atoms with van der Waals surface area (Å²) in [5.74, 6) is -0.511. The number of rotatable bonds is 2. The highest BCUT2D eigenvalue weighted by Gasteiger charge is 2.65. The number of esters is 1. The van der Waals surface area contributed by atoms with Crippen molar-refractivity contribution in [2.24, 2.45) is 0 Å². The highest BCUT2D eigenvalue weighted by molar-refractivity contribution is 6.73. The van der Waals surface area contributed by atoms with Gasteiger partial charge >= 0.3 is 14.5 Å². The van der Waals surface area contributed by atoms with E-state index in [9.17, 15) is 9.59 Å². The van der Waals surface area contributed by atoms with Gasteiger partial charge in [-0.25, -0.2) is 4.98 Å². The van der Waals surface area contributed by atoms with Gasteiger partial charge in [0, 0.05) is 17.0 Å². The minimum atomic E-state index is -2.84. The lowest BCUT2D eigenvalue weighted by atomic mass is 10.1. The molecule has 0 radical (unpaired) electrons. The molecular weight excluding hydrogens is 434 g/mol. The molecule has 2 fully saturated rings. The highest BCUT2D eigenvalue weighted by atomic mass is 28.4. The first-order valence-electron chi connectivity index (χ1n) is 10.6. The van der Waals surface area contributed by atoms with Crippen molar-refractivity contribution < 1.29 is 23.1 Å². The summed E-state index contributed by atoms with van der Waals surface area (Å²) < 4.78 is 26.8. The van der Waals surface area contributed by atoms with Crippen LogP contribution in [-0.4, -0.2) is 59.0 Å². The maximum Gasteiger partial charge on any atom is 0.349 e. The molecule has 12 heteroatoms. The Morgan fingerprint density at radius 2 is 1.94 bits per heavy atom. The smallest absolute Gasteiger partial charge is 0.349 e. The van der Waals surface area contributed by atoms with E-state index in [1.165, 1.54) is 13.3 Å². The molecule has 0 aliphatic carbocycles. The largest absolute Gasteiger partial charge is 0.455 e. The summed E-state index contributed by atoms with van der Waals surface area (Å²) in [7, 11) is -2.84. The normalized spacial score (nSPS) is 28.0. The van der Waals surface area contributed by atoms with Gasteiger partial charge in [0.2, 0.25) is 5.95 Å². The number of hydrogen-bond donors (Lipinski definition) is 2. The fraction of sp³-hybridized carbons (Fsp3) is 0.700. The van der Waals surface area contributed by atoms with Gasteiger partial charge < -0.3 is 24.1 Å². The second-order valence-electron chi connectivity index (χ2n) is 10.4. The predicted octanol–water partition coefficient (Wildman–Crippen LogP) is 1.99. The van der Waals surface area contributed by atoms with E-state index in [2.05, 4.69) is 56.5 Å². The molecule has 2 aliphatic heterocycles. The quantitative estimate of drug-likeness (QED) is 0.502. The highest BCUT2D eigenvalue weighted by Crippen LogP contribution is 2.56. The van der Waals surface area contributed by atoms with Gasteiger partial charge in [-0.2, -0.15) is 4.98 Å². The number of ether oxygens (including phenoxy) is 2. The molecular formula is C20H31N5O6Si. The van der Waals surface area contributed by atoms with Crippen molar-refractivity contribution in [1.82, 2.24) is 19.5 Å². The first kappa shape index (κ1) is 22.9. The Balaban J connectivity index is 1.79. The molecule has 4 rings (SSSR count). The Morgan fingerprint density at radius 3 is 2.53 bits per heavy atom.